The Morgan fingerprint density at radius 3 is 2.80 bits per heavy atom. The van der Waals surface area contributed by atoms with E-state index in [1.807, 2.05) is 0 Å². The Labute approximate surface area is 146 Å². The Morgan fingerprint density at radius 1 is 1.40 bits per heavy atom. The van der Waals surface area contributed by atoms with Gasteiger partial charge in [-0.05, 0) is 18.4 Å². The molecule has 2 aromatic heterocycles. The van der Waals surface area contributed by atoms with Gasteiger partial charge in [0.05, 0.1) is 24.3 Å². The average Bonchev–Trinajstić information content (AvgIpc) is 3.10. The summed E-state index contributed by atoms with van der Waals surface area (Å²) in [5, 5.41) is 18.7. The minimum absolute atomic E-state index is 0.00148. The van der Waals surface area contributed by atoms with Crippen LogP contribution in [0.1, 0.15) is 35.0 Å². The van der Waals surface area contributed by atoms with E-state index < -0.39 is 17.9 Å². The Balaban J connectivity index is 2.18. The van der Waals surface area contributed by atoms with Crippen molar-refractivity contribution in [1.82, 2.24) is 9.55 Å². The first-order valence-corrected chi connectivity index (χ1v) is 8.74. The molecule has 2 N–H and O–H groups in total. The van der Waals surface area contributed by atoms with Crippen molar-refractivity contribution in [1.29, 1.82) is 0 Å². The van der Waals surface area contributed by atoms with Crippen molar-refractivity contribution in [2.24, 2.45) is 0 Å². The summed E-state index contributed by atoms with van der Waals surface area (Å²) in [7, 11) is 1.54. The lowest BCUT2D eigenvalue weighted by Crippen LogP contribution is -2.27. The van der Waals surface area contributed by atoms with Gasteiger partial charge in [-0.1, -0.05) is 0 Å². The average molecular weight is 366 g/mol. The quantitative estimate of drug-likeness (QED) is 0.756. The van der Waals surface area contributed by atoms with Gasteiger partial charge in [-0.25, -0.2) is 4.98 Å². The Kier molecular flexibility index (Phi) is 4.87. The number of nitrogens with zero attached hydrogens (tertiary/aromatic N) is 2. The number of carboxylic acids is 2. The Bertz CT molecular complexity index is 900. The molecule has 0 saturated carbocycles. The molecule has 2 aromatic rings. The lowest BCUT2D eigenvalue weighted by Gasteiger charge is -2.12. The topological polar surface area (TPSA) is 119 Å². The molecule has 134 valence electrons. The van der Waals surface area contributed by atoms with Crippen molar-refractivity contribution in [3.05, 3.63) is 26.6 Å². The highest BCUT2D eigenvalue weighted by atomic mass is 32.1. The highest BCUT2D eigenvalue weighted by Gasteiger charge is 2.34. The van der Waals surface area contributed by atoms with Crippen molar-refractivity contribution < 1.29 is 24.5 Å². The molecule has 1 atom stereocenters. The lowest BCUT2D eigenvalue weighted by molar-refractivity contribution is -0.139. The number of carboxylic acid groups (broad SMARTS) is 2. The number of aryl methyl sites for hydroxylation is 1. The number of carbonyl (C=O) groups is 2. The molecule has 1 aliphatic carbocycles. The van der Waals surface area contributed by atoms with E-state index in [9.17, 15) is 19.5 Å². The predicted octanol–water partition coefficient (Wildman–Crippen LogP) is 1.24. The zero-order chi connectivity index (χ0) is 18.1. The minimum Gasteiger partial charge on any atom is -0.481 e. The number of hydrogen-bond acceptors (Lipinski definition) is 6. The van der Waals surface area contributed by atoms with Gasteiger partial charge in [0.2, 0.25) is 0 Å². The van der Waals surface area contributed by atoms with Crippen LogP contribution in [-0.2, 0) is 33.7 Å². The van der Waals surface area contributed by atoms with Gasteiger partial charge in [0, 0.05) is 25.0 Å². The normalized spacial score (nSPS) is 16.3. The first-order chi connectivity index (χ1) is 11.9. The van der Waals surface area contributed by atoms with Gasteiger partial charge < -0.3 is 14.9 Å². The van der Waals surface area contributed by atoms with E-state index in [0.29, 0.717) is 47.5 Å². The summed E-state index contributed by atoms with van der Waals surface area (Å²) in [5.74, 6) is -2.19. The second-order valence-electron chi connectivity index (χ2n) is 5.92. The third-order valence-corrected chi connectivity index (χ3v) is 5.55. The highest BCUT2D eigenvalue weighted by molar-refractivity contribution is 7.18. The van der Waals surface area contributed by atoms with Gasteiger partial charge in [-0.3, -0.25) is 19.0 Å². The molecular formula is C16H18N2O6S. The molecule has 0 spiro atoms. The van der Waals surface area contributed by atoms with Gasteiger partial charge in [-0.15, -0.1) is 11.3 Å². The summed E-state index contributed by atoms with van der Waals surface area (Å²) < 4.78 is 6.39. The van der Waals surface area contributed by atoms with Crippen LogP contribution < -0.4 is 5.56 Å². The van der Waals surface area contributed by atoms with Gasteiger partial charge >= 0.3 is 11.9 Å². The van der Waals surface area contributed by atoms with E-state index >= 15 is 0 Å². The SMILES string of the molecule is COCCc1nc2sc3c(c2c(=O)n1CCC(=O)O)C(C(=O)O)CC3. The molecule has 0 fully saturated rings. The van der Waals surface area contributed by atoms with E-state index in [-0.39, 0.29) is 18.5 Å². The molecule has 1 unspecified atom stereocenters. The van der Waals surface area contributed by atoms with Crippen LogP contribution in [0.2, 0.25) is 0 Å². The molecule has 0 radical (unpaired) electrons. The van der Waals surface area contributed by atoms with Gasteiger partial charge in [-0.2, -0.15) is 0 Å². The van der Waals surface area contributed by atoms with Crippen LogP contribution in [0.25, 0.3) is 10.2 Å². The maximum atomic E-state index is 13.0. The largest absolute Gasteiger partial charge is 0.481 e. The van der Waals surface area contributed by atoms with Crippen LogP contribution in [0, 0.1) is 0 Å². The van der Waals surface area contributed by atoms with Crippen LogP contribution in [0.15, 0.2) is 4.79 Å². The third kappa shape index (κ3) is 3.16. The van der Waals surface area contributed by atoms with Crippen LogP contribution in [0.5, 0.6) is 0 Å². The molecule has 9 heteroatoms. The van der Waals surface area contributed by atoms with E-state index in [1.165, 1.54) is 23.0 Å². The zero-order valence-corrected chi connectivity index (χ0v) is 14.5. The van der Waals surface area contributed by atoms with Crippen molar-refractivity contribution in [3.63, 3.8) is 0 Å². The maximum absolute atomic E-state index is 13.0. The molecule has 0 aliphatic heterocycles. The van der Waals surface area contributed by atoms with Crippen LogP contribution in [0.4, 0.5) is 0 Å². The fraction of sp³-hybridized carbons (Fsp3) is 0.500. The third-order valence-electron chi connectivity index (χ3n) is 4.39. The van der Waals surface area contributed by atoms with Crippen molar-refractivity contribution in [2.45, 2.75) is 38.1 Å². The standard InChI is InChI=1S/C16H18N2O6S/c1-24-7-5-10-17-14-13(15(21)18(10)6-4-11(19)20)12-8(16(22)23)2-3-9(12)25-14/h8H,2-7H2,1H3,(H,19,20)(H,22,23). The predicted molar refractivity (Wildman–Crippen MR) is 90.4 cm³/mol. The number of fused-ring (bicyclic) bond motifs is 3. The van der Waals surface area contributed by atoms with Gasteiger partial charge in [0.15, 0.2) is 0 Å². The zero-order valence-electron chi connectivity index (χ0n) is 13.7. The van der Waals surface area contributed by atoms with Gasteiger partial charge in [0.1, 0.15) is 10.7 Å². The highest BCUT2D eigenvalue weighted by Crippen LogP contribution is 2.42. The number of hydrogen-bond donors (Lipinski definition) is 2. The number of ether oxygens (including phenoxy) is 1. The summed E-state index contributed by atoms with van der Waals surface area (Å²) in [6.07, 6.45) is 1.27. The molecule has 0 amide bonds. The first kappa shape index (κ1) is 17.6. The number of rotatable bonds is 7. The summed E-state index contributed by atoms with van der Waals surface area (Å²) >= 11 is 1.36. The molecular weight excluding hydrogens is 348 g/mol. The van der Waals surface area contributed by atoms with E-state index in [1.54, 1.807) is 0 Å². The summed E-state index contributed by atoms with van der Waals surface area (Å²) in [6, 6.07) is 0. The molecule has 25 heavy (non-hydrogen) atoms. The van der Waals surface area contributed by atoms with Crippen molar-refractivity contribution >= 4 is 33.5 Å². The van der Waals surface area contributed by atoms with Crippen molar-refractivity contribution in [3.8, 4) is 0 Å². The summed E-state index contributed by atoms with van der Waals surface area (Å²) in [4.78, 5) is 41.4. The fourth-order valence-corrected chi connectivity index (χ4v) is 4.49. The van der Waals surface area contributed by atoms with E-state index in [0.717, 1.165) is 4.88 Å². The number of thiophene rings is 1. The Morgan fingerprint density at radius 2 is 2.16 bits per heavy atom. The smallest absolute Gasteiger partial charge is 0.311 e. The van der Waals surface area contributed by atoms with Crippen molar-refractivity contribution in [2.75, 3.05) is 13.7 Å². The van der Waals surface area contributed by atoms with E-state index in [4.69, 9.17) is 9.84 Å². The lowest BCUT2D eigenvalue weighted by atomic mass is 10.0. The molecule has 8 nitrogen and oxygen atoms in total. The molecule has 3 rings (SSSR count). The molecule has 0 aromatic carbocycles. The molecule has 2 heterocycles. The number of methoxy groups -OCH3 is 1. The monoisotopic (exact) mass is 366 g/mol. The van der Waals surface area contributed by atoms with Crippen LogP contribution >= 0.6 is 11.3 Å². The second-order valence-corrected chi connectivity index (χ2v) is 7.00. The summed E-state index contributed by atoms with van der Waals surface area (Å²) in [5.41, 5.74) is 0.204. The minimum atomic E-state index is -1.01. The van der Waals surface area contributed by atoms with Crippen LogP contribution in [0.3, 0.4) is 0 Å². The van der Waals surface area contributed by atoms with Crippen LogP contribution in [-0.4, -0.2) is 45.4 Å². The maximum Gasteiger partial charge on any atom is 0.311 e. The second kappa shape index (κ2) is 6.93. The van der Waals surface area contributed by atoms with E-state index in [2.05, 4.69) is 4.98 Å². The molecule has 0 bridgehead atoms. The Hall–Kier alpha value is -2.26. The molecule has 0 saturated heterocycles. The summed E-state index contributed by atoms with van der Waals surface area (Å²) in [6.45, 7) is 0.354. The van der Waals surface area contributed by atoms with Gasteiger partial charge in [0.25, 0.3) is 5.56 Å². The molecule has 1 aliphatic rings. The fourth-order valence-electron chi connectivity index (χ4n) is 3.24. The number of aliphatic carboxylic acids is 2. The number of aromatic nitrogens is 2. The first-order valence-electron chi connectivity index (χ1n) is 7.92.